The number of aromatic amines is 1. The Hall–Kier alpha value is -3.01. The number of tetrazole rings is 1. The highest BCUT2D eigenvalue weighted by Crippen LogP contribution is 2.19. The van der Waals surface area contributed by atoms with E-state index < -0.39 is 12.1 Å². The van der Waals surface area contributed by atoms with Crippen molar-refractivity contribution in [3.05, 3.63) is 35.7 Å². The SMILES string of the molecule is O=C(NCCc1ccc(O)cc1)C1CC(O)CN1C(=O)Cc1nn[nH]n1. The summed E-state index contributed by atoms with van der Waals surface area (Å²) in [5.41, 5.74) is 0.972. The molecule has 10 heteroatoms. The Bertz CT molecular complexity index is 749. The molecule has 1 aromatic heterocycles. The number of hydrogen-bond donors (Lipinski definition) is 4. The lowest BCUT2D eigenvalue weighted by atomic mass is 10.1. The summed E-state index contributed by atoms with van der Waals surface area (Å²) >= 11 is 0. The molecular formula is C16H20N6O4. The van der Waals surface area contributed by atoms with Gasteiger partial charge in [-0.2, -0.15) is 5.21 Å². The van der Waals surface area contributed by atoms with E-state index in [0.717, 1.165) is 5.56 Å². The van der Waals surface area contributed by atoms with Gasteiger partial charge in [0.15, 0.2) is 5.82 Å². The Kier molecular flexibility index (Phi) is 5.42. The highest BCUT2D eigenvalue weighted by molar-refractivity contribution is 5.89. The van der Waals surface area contributed by atoms with Crippen molar-refractivity contribution in [2.24, 2.45) is 0 Å². The van der Waals surface area contributed by atoms with Crippen LogP contribution in [-0.2, 0) is 22.4 Å². The van der Waals surface area contributed by atoms with Crippen LogP contribution in [0.2, 0.25) is 0 Å². The van der Waals surface area contributed by atoms with Gasteiger partial charge in [0.25, 0.3) is 0 Å². The largest absolute Gasteiger partial charge is 0.508 e. The number of H-pyrrole nitrogens is 1. The van der Waals surface area contributed by atoms with Crippen molar-refractivity contribution in [2.75, 3.05) is 13.1 Å². The van der Waals surface area contributed by atoms with Crippen LogP contribution in [0.3, 0.4) is 0 Å². The maximum atomic E-state index is 12.4. The fraction of sp³-hybridized carbons (Fsp3) is 0.438. The van der Waals surface area contributed by atoms with Crippen LogP contribution in [0.1, 0.15) is 17.8 Å². The number of β-amino-alcohol motifs (C(OH)–C–C–N with tert-alkyl or cyclic N) is 1. The third kappa shape index (κ3) is 4.33. The molecule has 1 aliphatic rings. The molecule has 1 aliphatic heterocycles. The Morgan fingerprint density at radius 2 is 2.08 bits per heavy atom. The number of carbonyl (C=O) groups excluding carboxylic acids is 2. The van der Waals surface area contributed by atoms with E-state index in [4.69, 9.17) is 0 Å². The Balaban J connectivity index is 1.54. The van der Waals surface area contributed by atoms with Gasteiger partial charge in [-0.1, -0.05) is 17.3 Å². The highest BCUT2D eigenvalue weighted by Gasteiger charge is 2.38. The molecule has 4 N–H and O–H groups in total. The number of rotatable bonds is 6. The minimum atomic E-state index is -0.739. The first-order valence-electron chi connectivity index (χ1n) is 8.28. The van der Waals surface area contributed by atoms with Gasteiger partial charge in [-0.25, -0.2) is 0 Å². The van der Waals surface area contributed by atoms with Crippen LogP contribution in [0.25, 0.3) is 0 Å². The Morgan fingerprint density at radius 1 is 1.31 bits per heavy atom. The average Bonchev–Trinajstić information content (AvgIpc) is 3.26. The molecule has 0 bridgehead atoms. The van der Waals surface area contributed by atoms with E-state index in [1.807, 2.05) is 0 Å². The quantitative estimate of drug-likeness (QED) is 0.505. The average molecular weight is 360 g/mol. The van der Waals surface area contributed by atoms with Gasteiger partial charge in [0, 0.05) is 19.5 Å². The summed E-state index contributed by atoms with van der Waals surface area (Å²) < 4.78 is 0. The number of hydrogen-bond acceptors (Lipinski definition) is 7. The highest BCUT2D eigenvalue weighted by atomic mass is 16.3. The first-order chi connectivity index (χ1) is 12.5. The second-order valence-electron chi connectivity index (χ2n) is 6.16. The van der Waals surface area contributed by atoms with Crippen LogP contribution in [0.15, 0.2) is 24.3 Å². The summed E-state index contributed by atoms with van der Waals surface area (Å²) in [4.78, 5) is 26.2. The van der Waals surface area contributed by atoms with Gasteiger partial charge in [-0.05, 0) is 24.1 Å². The number of aliphatic hydroxyl groups is 1. The zero-order chi connectivity index (χ0) is 18.5. The number of nitrogens with zero attached hydrogens (tertiary/aromatic N) is 4. The first kappa shape index (κ1) is 17.8. The van der Waals surface area contributed by atoms with Crippen LogP contribution in [-0.4, -0.2) is 72.8 Å². The van der Waals surface area contributed by atoms with Gasteiger partial charge in [0.2, 0.25) is 11.8 Å². The summed E-state index contributed by atoms with van der Waals surface area (Å²) in [7, 11) is 0. The second kappa shape index (κ2) is 7.91. The van der Waals surface area contributed by atoms with Gasteiger partial charge in [0.1, 0.15) is 11.8 Å². The lowest BCUT2D eigenvalue weighted by molar-refractivity contribution is -0.138. The van der Waals surface area contributed by atoms with Gasteiger partial charge in [-0.15, -0.1) is 10.2 Å². The Morgan fingerprint density at radius 3 is 2.77 bits per heavy atom. The minimum Gasteiger partial charge on any atom is -0.508 e. The van der Waals surface area contributed by atoms with Crippen LogP contribution >= 0.6 is 0 Å². The zero-order valence-electron chi connectivity index (χ0n) is 14.0. The van der Waals surface area contributed by atoms with Crippen molar-refractivity contribution < 1.29 is 19.8 Å². The lowest BCUT2D eigenvalue weighted by Gasteiger charge is -2.23. The number of benzene rings is 1. The molecule has 0 spiro atoms. The topological polar surface area (TPSA) is 144 Å². The van der Waals surface area contributed by atoms with Crippen molar-refractivity contribution >= 4 is 11.8 Å². The molecule has 138 valence electrons. The van der Waals surface area contributed by atoms with Gasteiger partial charge in [-0.3, -0.25) is 9.59 Å². The van der Waals surface area contributed by atoms with Gasteiger partial charge < -0.3 is 20.4 Å². The monoisotopic (exact) mass is 360 g/mol. The lowest BCUT2D eigenvalue weighted by Crippen LogP contribution is -2.47. The maximum Gasteiger partial charge on any atom is 0.242 e. The molecule has 0 radical (unpaired) electrons. The fourth-order valence-corrected chi connectivity index (χ4v) is 2.94. The van der Waals surface area contributed by atoms with E-state index in [1.165, 1.54) is 4.90 Å². The zero-order valence-corrected chi connectivity index (χ0v) is 14.0. The van der Waals surface area contributed by atoms with E-state index in [1.54, 1.807) is 24.3 Å². The number of phenols is 1. The molecule has 0 aliphatic carbocycles. The van der Waals surface area contributed by atoms with Gasteiger partial charge >= 0.3 is 0 Å². The van der Waals surface area contributed by atoms with Crippen LogP contribution in [0.5, 0.6) is 5.75 Å². The molecule has 3 rings (SSSR count). The van der Waals surface area contributed by atoms with E-state index in [-0.39, 0.29) is 42.8 Å². The molecular weight excluding hydrogens is 340 g/mol. The summed E-state index contributed by atoms with van der Waals surface area (Å²) in [6, 6.07) is 6.01. The maximum absolute atomic E-state index is 12.4. The summed E-state index contributed by atoms with van der Waals surface area (Å²) in [6.45, 7) is 0.496. The molecule has 2 unspecified atom stereocenters. The minimum absolute atomic E-state index is 0.0828. The summed E-state index contributed by atoms with van der Waals surface area (Å²) in [6.07, 6.45) is -0.0289. The third-order valence-electron chi connectivity index (χ3n) is 4.25. The molecule has 1 aromatic carbocycles. The second-order valence-corrected chi connectivity index (χ2v) is 6.16. The summed E-state index contributed by atoms with van der Waals surface area (Å²) in [5.74, 6) is -0.209. The standard InChI is InChI=1S/C16H20N6O4/c23-11-3-1-10(2-4-11)5-6-17-16(26)13-7-12(24)9-22(13)15(25)8-14-18-20-21-19-14/h1-4,12-13,23-24H,5-9H2,(H,17,26)(H,18,19,20,21). The first-order valence-corrected chi connectivity index (χ1v) is 8.28. The van der Waals surface area contributed by atoms with E-state index in [0.29, 0.717) is 13.0 Å². The molecule has 0 saturated carbocycles. The van der Waals surface area contributed by atoms with Crippen molar-refractivity contribution in [3.63, 3.8) is 0 Å². The van der Waals surface area contributed by atoms with Crippen molar-refractivity contribution in [3.8, 4) is 5.75 Å². The van der Waals surface area contributed by atoms with Crippen molar-refractivity contribution in [1.82, 2.24) is 30.8 Å². The normalized spacial score (nSPS) is 19.5. The molecule has 26 heavy (non-hydrogen) atoms. The number of amides is 2. The van der Waals surface area contributed by atoms with E-state index in [2.05, 4.69) is 25.9 Å². The smallest absolute Gasteiger partial charge is 0.242 e. The fourth-order valence-electron chi connectivity index (χ4n) is 2.94. The molecule has 2 amide bonds. The van der Waals surface area contributed by atoms with E-state index >= 15 is 0 Å². The molecule has 1 saturated heterocycles. The van der Waals surface area contributed by atoms with Crippen LogP contribution < -0.4 is 5.32 Å². The molecule has 2 atom stereocenters. The van der Waals surface area contributed by atoms with Gasteiger partial charge in [0.05, 0.1) is 12.5 Å². The predicted molar refractivity (Wildman–Crippen MR) is 88.8 cm³/mol. The predicted octanol–water partition coefficient (Wildman–Crippen LogP) is -1.23. The van der Waals surface area contributed by atoms with Crippen molar-refractivity contribution in [1.29, 1.82) is 0 Å². The summed E-state index contributed by atoms with van der Waals surface area (Å²) in [5, 5.41) is 35.1. The number of aromatic hydroxyl groups is 1. The molecule has 2 heterocycles. The molecule has 10 nitrogen and oxygen atoms in total. The number of likely N-dealkylation sites (tertiary alicyclic amines) is 1. The number of aliphatic hydroxyl groups excluding tert-OH is 1. The number of phenolic OH excluding ortho intramolecular Hbond substituents is 1. The van der Waals surface area contributed by atoms with Crippen LogP contribution in [0.4, 0.5) is 0 Å². The van der Waals surface area contributed by atoms with Crippen LogP contribution in [0, 0.1) is 0 Å². The Labute approximate surface area is 149 Å². The van der Waals surface area contributed by atoms with Crippen molar-refractivity contribution in [2.45, 2.75) is 31.4 Å². The molecule has 1 fully saturated rings. The van der Waals surface area contributed by atoms with E-state index in [9.17, 15) is 19.8 Å². The number of aromatic nitrogens is 4. The third-order valence-corrected chi connectivity index (χ3v) is 4.25. The number of nitrogens with one attached hydrogen (secondary N) is 2. The number of carbonyl (C=O) groups is 2. The molecule has 2 aromatic rings.